The molecule has 1 saturated heterocycles. The van der Waals surface area contributed by atoms with E-state index in [4.69, 9.17) is 16.2 Å². The van der Waals surface area contributed by atoms with Crippen LogP contribution in [0.3, 0.4) is 0 Å². The van der Waals surface area contributed by atoms with Crippen molar-refractivity contribution >= 4 is 64.0 Å². The standard InChI is InChI=1S/C16H30N6O22P6/c17-8-1-3-9(4-2-8)39-46(27,28)41-48(31,32)43-50(35,36)44-49(33,34)42-47(29,30)40-45(25,26)37-6-11-10(23)5-12(38-11)22-7-19-13-14(22)20-16(18)21-15(13)24/h7-12,23H,1-6,17H2,(H,25,26)(H,27,28)(H,29,30)(H,31,32)(H,33,34)(H,35,36)(H3,18,20,21,24)/t8?,9?,10?,11-,12-/m1/s1. The van der Waals surface area contributed by atoms with Gasteiger partial charge in [0.2, 0.25) is 5.95 Å². The summed E-state index contributed by atoms with van der Waals surface area (Å²) in [6.45, 7) is -1.06. The molecule has 1 aliphatic carbocycles. The average Bonchev–Trinajstić information content (AvgIpc) is 3.48. The van der Waals surface area contributed by atoms with E-state index in [0.717, 1.165) is 6.33 Å². The van der Waals surface area contributed by atoms with Gasteiger partial charge in [-0.3, -0.25) is 23.4 Å². The number of ether oxygens (including phenoxy) is 1. The second-order valence-corrected chi connectivity index (χ2v) is 19.7. The monoisotopic (exact) mass is 844 g/mol. The molecular formula is C16H30N6O22P6. The maximum Gasteiger partial charge on any atom is 0.490 e. The lowest BCUT2D eigenvalue weighted by molar-refractivity contribution is -0.0423. The molecule has 1 aliphatic heterocycles. The number of nitrogens with two attached hydrogens (primary N) is 2. The quantitative estimate of drug-likeness (QED) is 0.102. The number of anilines is 1. The molecule has 9 atom stereocenters. The Kier molecular flexibility index (Phi) is 12.8. The Bertz CT molecular complexity index is 1910. The predicted molar refractivity (Wildman–Crippen MR) is 159 cm³/mol. The Morgan fingerprint density at radius 2 is 1.34 bits per heavy atom. The van der Waals surface area contributed by atoms with Crippen LogP contribution in [0.15, 0.2) is 11.1 Å². The highest BCUT2D eigenvalue weighted by Crippen LogP contribution is 2.75. The topological polar surface area (TPSA) is 433 Å². The molecule has 2 aromatic rings. The van der Waals surface area contributed by atoms with Gasteiger partial charge in [0.05, 0.1) is 25.1 Å². The Balaban J connectivity index is 1.30. The van der Waals surface area contributed by atoms with E-state index in [2.05, 4.69) is 45.6 Å². The number of phosphoric acid groups is 6. The van der Waals surface area contributed by atoms with Gasteiger partial charge in [-0.25, -0.2) is 32.4 Å². The normalized spacial score (nSPS) is 30.4. The lowest BCUT2D eigenvalue weighted by Crippen LogP contribution is -2.29. The molecule has 0 bridgehead atoms. The number of hydrogen-bond donors (Lipinski definition) is 10. The fourth-order valence-electron chi connectivity index (χ4n) is 4.49. The molecule has 2 aromatic heterocycles. The van der Waals surface area contributed by atoms with Crippen LogP contribution in [0.2, 0.25) is 0 Å². The molecule has 0 amide bonds. The molecule has 0 radical (unpaired) electrons. The number of aliphatic hydroxyl groups excluding tert-OH is 1. The summed E-state index contributed by atoms with van der Waals surface area (Å²) in [5, 5.41) is 10.3. The molecule has 0 spiro atoms. The number of nitrogens with zero attached hydrogens (tertiary/aromatic N) is 3. The maximum atomic E-state index is 12.3. The lowest BCUT2D eigenvalue weighted by Gasteiger charge is -2.27. The van der Waals surface area contributed by atoms with Crippen molar-refractivity contribution in [2.75, 3.05) is 12.3 Å². The van der Waals surface area contributed by atoms with Gasteiger partial charge in [-0.15, -0.1) is 0 Å². The van der Waals surface area contributed by atoms with Crippen molar-refractivity contribution in [3.63, 3.8) is 0 Å². The highest BCUT2D eigenvalue weighted by molar-refractivity contribution is 7.72. The molecule has 50 heavy (non-hydrogen) atoms. The van der Waals surface area contributed by atoms with Crippen LogP contribution in [0.25, 0.3) is 11.2 Å². The van der Waals surface area contributed by atoms with Gasteiger partial charge in [0.1, 0.15) is 12.3 Å². The molecule has 0 aromatic carbocycles. The minimum absolute atomic E-state index is 0.0506. The number of nitrogen functional groups attached to an aromatic ring is 1. The molecule has 7 unspecified atom stereocenters. The van der Waals surface area contributed by atoms with Crippen molar-refractivity contribution in [1.82, 2.24) is 19.5 Å². The summed E-state index contributed by atoms with van der Waals surface area (Å²) in [5.41, 5.74) is 10.3. The van der Waals surface area contributed by atoms with E-state index < -0.39 is 83.6 Å². The smallest absolute Gasteiger partial charge is 0.390 e. The van der Waals surface area contributed by atoms with E-state index in [1.54, 1.807) is 0 Å². The van der Waals surface area contributed by atoms with Gasteiger partial charge in [0.25, 0.3) is 5.56 Å². The average molecular weight is 844 g/mol. The molecule has 2 aliphatic rings. The van der Waals surface area contributed by atoms with E-state index in [0.29, 0.717) is 12.8 Å². The molecule has 4 rings (SSSR count). The Morgan fingerprint density at radius 1 is 0.840 bits per heavy atom. The third kappa shape index (κ3) is 12.0. The van der Waals surface area contributed by atoms with Crippen molar-refractivity contribution in [2.24, 2.45) is 5.73 Å². The first-order valence-corrected chi connectivity index (χ1v) is 22.4. The number of hydrogen-bond acceptors (Lipinski definition) is 20. The number of aromatic amines is 1. The van der Waals surface area contributed by atoms with E-state index in [-0.39, 0.29) is 42.4 Å². The minimum Gasteiger partial charge on any atom is -0.390 e. The van der Waals surface area contributed by atoms with Gasteiger partial charge in [-0.05, 0) is 25.7 Å². The summed E-state index contributed by atoms with van der Waals surface area (Å²) in [6.07, 6.45) is -3.12. The Morgan fingerprint density at radius 3 is 1.88 bits per heavy atom. The SMILES string of the molecule is Nc1nc2c(ncn2[C@H]2CC(O)[C@@H](COP(=O)(O)OP(=O)(O)OP(=O)(O)OP(=O)(O)OP(=O)(O)OP(=O)(O)OC3CCC(N)CC3)O2)c(=O)[nH]1. The maximum absolute atomic E-state index is 12.3. The molecule has 1 saturated carbocycles. The van der Waals surface area contributed by atoms with Crippen molar-refractivity contribution in [3.8, 4) is 0 Å². The van der Waals surface area contributed by atoms with Crippen molar-refractivity contribution in [1.29, 1.82) is 0 Å². The zero-order chi connectivity index (χ0) is 37.5. The fourth-order valence-corrected chi connectivity index (χ4v) is 12.5. The fraction of sp³-hybridized carbons (Fsp3) is 0.688. The third-order valence-corrected chi connectivity index (χ3v) is 15.7. The third-order valence-electron chi connectivity index (χ3n) is 6.40. The van der Waals surface area contributed by atoms with E-state index >= 15 is 0 Å². The number of nitrogens with one attached hydrogen (secondary N) is 1. The summed E-state index contributed by atoms with van der Waals surface area (Å²) in [7, 11) is -36.6. The van der Waals surface area contributed by atoms with E-state index in [1.807, 2.05) is 0 Å². The van der Waals surface area contributed by atoms with Gasteiger partial charge < -0.3 is 50.7 Å². The minimum atomic E-state index is -6.45. The first-order chi connectivity index (χ1) is 22.8. The zero-order valence-electron chi connectivity index (χ0n) is 24.6. The van der Waals surface area contributed by atoms with Crippen molar-refractivity contribution < 1.29 is 97.2 Å². The highest BCUT2D eigenvalue weighted by atomic mass is 31.3. The molecule has 2 fully saturated rings. The second kappa shape index (κ2) is 15.3. The number of aliphatic hydroxyl groups is 1. The van der Waals surface area contributed by atoms with Crippen LogP contribution in [0.1, 0.15) is 38.3 Å². The molecule has 286 valence electrons. The first kappa shape index (κ1) is 41.6. The van der Waals surface area contributed by atoms with E-state index in [9.17, 15) is 66.7 Å². The predicted octanol–water partition coefficient (Wildman–Crippen LogP) is 0.339. The van der Waals surface area contributed by atoms with Gasteiger partial charge in [0, 0.05) is 12.5 Å². The number of phosphoric ester groups is 2. The highest BCUT2D eigenvalue weighted by Gasteiger charge is 2.50. The van der Waals surface area contributed by atoms with Gasteiger partial charge in [-0.1, -0.05) is 0 Å². The van der Waals surface area contributed by atoms with Crippen LogP contribution in [0.4, 0.5) is 5.95 Å². The molecule has 12 N–H and O–H groups in total. The van der Waals surface area contributed by atoms with Gasteiger partial charge in [0.15, 0.2) is 11.2 Å². The van der Waals surface area contributed by atoms with Crippen LogP contribution in [0, 0.1) is 0 Å². The van der Waals surface area contributed by atoms with Crippen LogP contribution in [0.5, 0.6) is 0 Å². The van der Waals surface area contributed by atoms with Crippen LogP contribution >= 0.6 is 46.9 Å². The van der Waals surface area contributed by atoms with Crippen molar-refractivity contribution in [2.45, 2.75) is 62.7 Å². The largest absolute Gasteiger partial charge is 0.490 e. The summed E-state index contributed by atoms with van der Waals surface area (Å²) in [6, 6.07) is -0.231. The molecule has 34 heteroatoms. The number of fused-ring (bicyclic) bond motifs is 1. The van der Waals surface area contributed by atoms with E-state index in [1.165, 1.54) is 4.57 Å². The number of rotatable bonds is 16. The number of imidazole rings is 1. The van der Waals surface area contributed by atoms with Crippen molar-refractivity contribution in [3.05, 3.63) is 16.7 Å². The van der Waals surface area contributed by atoms with Crippen LogP contribution < -0.4 is 17.0 Å². The number of aromatic nitrogens is 4. The van der Waals surface area contributed by atoms with Gasteiger partial charge >= 0.3 is 46.9 Å². The van der Waals surface area contributed by atoms with Crippen LogP contribution in [-0.2, 0) is 62.7 Å². The summed E-state index contributed by atoms with van der Waals surface area (Å²) < 4.78 is 107. The Labute approximate surface area is 278 Å². The first-order valence-electron chi connectivity index (χ1n) is 13.4. The molecule has 28 nitrogen and oxygen atoms in total. The van der Waals surface area contributed by atoms with Gasteiger partial charge in [-0.2, -0.15) is 26.5 Å². The lowest BCUT2D eigenvalue weighted by atomic mass is 9.94. The summed E-state index contributed by atoms with van der Waals surface area (Å²) in [4.78, 5) is 80.2. The summed E-state index contributed by atoms with van der Waals surface area (Å²) in [5.74, 6) is -0.272. The molecule has 3 heterocycles. The zero-order valence-corrected chi connectivity index (χ0v) is 30.0. The Hall–Kier alpha value is -1.11. The number of H-pyrrole nitrogens is 1. The molecular weight excluding hydrogens is 814 g/mol. The summed E-state index contributed by atoms with van der Waals surface area (Å²) >= 11 is 0. The second-order valence-electron chi connectivity index (χ2n) is 10.4. The van der Waals surface area contributed by atoms with Crippen LogP contribution in [-0.4, -0.2) is 84.9 Å².